The van der Waals surface area contributed by atoms with E-state index in [1.54, 1.807) is 0 Å². The normalized spacial score (nSPS) is 35.5. The molecule has 1 saturated heterocycles. The van der Waals surface area contributed by atoms with Gasteiger partial charge in [0.15, 0.2) is 5.41 Å². The molecule has 1 N–H and O–H groups in total. The summed E-state index contributed by atoms with van der Waals surface area (Å²) in [4.78, 5) is 10.4. The number of hydrogen-bond donors (Lipinski definition) is 1. The van der Waals surface area contributed by atoms with Gasteiger partial charge in [0.05, 0.1) is 6.61 Å². The second-order valence-corrected chi connectivity index (χ2v) is 2.83. The molecule has 0 aromatic heterocycles. The van der Waals surface area contributed by atoms with E-state index in [0.29, 0.717) is 0 Å². The van der Waals surface area contributed by atoms with Crippen LogP contribution in [0.15, 0.2) is 0 Å². The Morgan fingerprint density at radius 2 is 2.09 bits per heavy atom. The molecular weight excluding hydrogens is 158 g/mol. The number of ether oxygens (including phenoxy) is 1. The summed E-state index contributed by atoms with van der Waals surface area (Å²) in [5.74, 6) is -4.77. The van der Waals surface area contributed by atoms with E-state index < -0.39 is 30.5 Å². The zero-order chi connectivity index (χ0) is 8.70. The van der Waals surface area contributed by atoms with Gasteiger partial charge in [-0.3, -0.25) is 4.79 Å². The summed E-state index contributed by atoms with van der Waals surface area (Å²) in [5, 5.41) is 8.45. The molecule has 1 atom stereocenters. The third kappa shape index (κ3) is 0.994. The van der Waals surface area contributed by atoms with Gasteiger partial charge in [0.1, 0.15) is 6.61 Å². The van der Waals surface area contributed by atoms with Crippen LogP contribution in [-0.4, -0.2) is 30.2 Å². The zero-order valence-electron chi connectivity index (χ0n) is 5.93. The number of carboxylic acid groups (broad SMARTS) is 1. The molecule has 5 heteroatoms. The van der Waals surface area contributed by atoms with Crippen LogP contribution in [-0.2, 0) is 9.53 Å². The molecule has 1 fully saturated rings. The predicted octanol–water partition coefficient (Wildman–Crippen LogP) is 0.743. The highest BCUT2D eigenvalue weighted by Gasteiger charge is 2.60. The number of carbonyl (C=O) groups is 1. The van der Waals surface area contributed by atoms with Crippen molar-refractivity contribution in [1.82, 2.24) is 0 Å². The van der Waals surface area contributed by atoms with Crippen LogP contribution >= 0.6 is 0 Å². The molecule has 0 aromatic carbocycles. The molecule has 64 valence electrons. The third-order valence-corrected chi connectivity index (χ3v) is 1.95. The van der Waals surface area contributed by atoms with Gasteiger partial charge in [-0.2, -0.15) is 0 Å². The summed E-state index contributed by atoms with van der Waals surface area (Å²) >= 11 is 0. The Balaban J connectivity index is 2.93. The highest BCUT2D eigenvalue weighted by molar-refractivity contribution is 5.76. The molecule has 1 rings (SSSR count). The standard InChI is InChI=1S/C6H8F2O3/c1-5(4(9)10)2-11-3-6(5,7)8/h2-3H2,1H3,(H,9,10)/t5-/m0/s1. The summed E-state index contributed by atoms with van der Waals surface area (Å²) in [5.41, 5.74) is -2.05. The summed E-state index contributed by atoms with van der Waals surface area (Å²) in [6, 6.07) is 0. The minimum atomic E-state index is -3.25. The predicted molar refractivity (Wildman–Crippen MR) is 31.5 cm³/mol. The second kappa shape index (κ2) is 2.14. The van der Waals surface area contributed by atoms with Crippen LogP contribution in [0.2, 0.25) is 0 Å². The molecule has 0 saturated carbocycles. The Hall–Kier alpha value is -0.710. The van der Waals surface area contributed by atoms with Crippen molar-refractivity contribution in [2.45, 2.75) is 12.8 Å². The fourth-order valence-electron chi connectivity index (χ4n) is 0.866. The molecule has 3 nitrogen and oxygen atoms in total. The maximum absolute atomic E-state index is 12.7. The van der Waals surface area contributed by atoms with Crippen molar-refractivity contribution in [3.63, 3.8) is 0 Å². The van der Waals surface area contributed by atoms with Crippen molar-refractivity contribution in [1.29, 1.82) is 0 Å². The molecule has 1 aliphatic rings. The van der Waals surface area contributed by atoms with Crippen LogP contribution < -0.4 is 0 Å². The lowest BCUT2D eigenvalue weighted by atomic mass is 9.87. The molecule has 0 aromatic rings. The van der Waals surface area contributed by atoms with E-state index in [2.05, 4.69) is 4.74 Å². The Bertz CT molecular complexity index is 192. The van der Waals surface area contributed by atoms with Gasteiger partial charge in [0, 0.05) is 0 Å². The van der Waals surface area contributed by atoms with Crippen molar-refractivity contribution < 1.29 is 23.4 Å². The highest BCUT2D eigenvalue weighted by Crippen LogP contribution is 2.42. The second-order valence-electron chi connectivity index (χ2n) is 2.83. The van der Waals surface area contributed by atoms with Gasteiger partial charge in [-0.1, -0.05) is 0 Å². The van der Waals surface area contributed by atoms with E-state index in [1.165, 1.54) is 0 Å². The van der Waals surface area contributed by atoms with Gasteiger partial charge in [-0.05, 0) is 6.92 Å². The first-order chi connectivity index (χ1) is 4.90. The zero-order valence-corrected chi connectivity index (χ0v) is 5.93. The quantitative estimate of drug-likeness (QED) is 0.625. The first-order valence-corrected chi connectivity index (χ1v) is 3.09. The lowest BCUT2D eigenvalue weighted by Gasteiger charge is -2.23. The van der Waals surface area contributed by atoms with Gasteiger partial charge >= 0.3 is 5.97 Å². The molecule has 0 unspecified atom stereocenters. The van der Waals surface area contributed by atoms with E-state index in [9.17, 15) is 13.6 Å². The fourth-order valence-corrected chi connectivity index (χ4v) is 0.866. The average molecular weight is 166 g/mol. The summed E-state index contributed by atoms with van der Waals surface area (Å²) in [7, 11) is 0. The van der Waals surface area contributed by atoms with Crippen molar-refractivity contribution in [3.05, 3.63) is 0 Å². The first kappa shape index (κ1) is 8.39. The minimum Gasteiger partial charge on any atom is -0.481 e. The lowest BCUT2D eigenvalue weighted by Crippen LogP contribution is -2.44. The molecule has 0 bridgehead atoms. The van der Waals surface area contributed by atoms with Crippen LogP contribution in [0.4, 0.5) is 8.78 Å². The fraction of sp³-hybridized carbons (Fsp3) is 0.833. The van der Waals surface area contributed by atoms with Gasteiger partial charge in [-0.25, -0.2) is 8.78 Å². The largest absolute Gasteiger partial charge is 0.481 e. The smallest absolute Gasteiger partial charge is 0.317 e. The molecule has 0 aliphatic carbocycles. The molecular formula is C6H8F2O3. The van der Waals surface area contributed by atoms with Gasteiger partial charge in [0.2, 0.25) is 0 Å². The van der Waals surface area contributed by atoms with E-state index >= 15 is 0 Å². The lowest BCUT2D eigenvalue weighted by molar-refractivity contribution is -0.165. The maximum atomic E-state index is 12.7. The van der Waals surface area contributed by atoms with Crippen LogP contribution in [0.3, 0.4) is 0 Å². The maximum Gasteiger partial charge on any atom is 0.317 e. The first-order valence-electron chi connectivity index (χ1n) is 3.09. The van der Waals surface area contributed by atoms with Crippen LogP contribution in [0.1, 0.15) is 6.92 Å². The van der Waals surface area contributed by atoms with Crippen molar-refractivity contribution in [2.24, 2.45) is 5.41 Å². The molecule has 11 heavy (non-hydrogen) atoms. The number of carboxylic acids is 1. The number of rotatable bonds is 1. The van der Waals surface area contributed by atoms with E-state index in [0.717, 1.165) is 6.92 Å². The molecule has 1 heterocycles. The highest BCUT2D eigenvalue weighted by atomic mass is 19.3. The SMILES string of the molecule is C[C@@]1(C(=O)O)COCC1(F)F. The summed E-state index contributed by atoms with van der Waals surface area (Å²) in [6.45, 7) is -0.229. The number of alkyl halides is 2. The molecule has 0 amide bonds. The topological polar surface area (TPSA) is 46.5 Å². The molecule has 1 aliphatic heterocycles. The van der Waals surface area contributed by atoms with Crippen LogP contribution in [0.25, 0.3) is 0 Å². The van der Waals surface area contributed by atoms with Gasteiger partial charge in [0.25, 0.3) is 5.92 Å². The number of halogens is 2. The molecule has 0 spiro atoms. The Kier molecular flexibility index (Phi) is 1.63. The van der Waals surface area contributed by atoms with Gasteiger partial charge in [-0.15, -0.1) is 0 Å². The van der Waals surface area contributed by atoms with E-state index in [4.69, 9.17) is 5.11 Å². The Morgan fingerprint density at radius 3 is 2.27 bits per heavy atom. The van der Waals surface area contributed by atoms with Crippen molar-refractivity contribution in [3.8, 4) is 0 Å². The van der Waals surface area contributed by atoms with Gasteiger partial charge < -0.3 is 9.84 Å². The van der Waals surface area contributed by atoms with Crippen molar-refractivity contribution in [2.75, 3.05) is 13.2 Å². The average Bonchev–Trinajstić information content (AvgIpc) is 2.09. The van der Waals surface area contributed by atoms with E-state index in [-0.39, 0.29) is 0 Å². The summed E-state index contributed by atoms with van der Waals surface area (Å²) < 4.78 is 29.9. The van der Waals surface area contributed by atoms with Crippen LogP contribution in [0, 0.1) is 5.41 Å². The Morgan fingerprint density at radius 1 is 1.55 bits per heavy atom. The monoisotopic (exact) mass is 166 g/mol. The van der Waals surface area contributed by atoms with Crippen molar-refractivity contribution >= 4 is 5.97 Å². The number of hydrogen-bond acceptors (Lipinski definition) is 2. The molecule has 0 radical (unpaired) electrons. The minimum absolute atomic E-state index is 0.421. The number of aliphatic carboxylic acids is 1. The van der Waals surface area contributed by atoms with E-state index in [1.807, 2.05) is 0 Å². The Labute approximate surface area is 62.0 Å². The van der Waals surface area contributed by atoms with Crippen LogP contribution in [0.5, 0.6) is 0 Å². The summed E-state index contributed by atoms with van der Waals surface area (Å²) in [6.07, 6.45) is 0. The third-order valence-electron chi connectivity index (χ3n) is 1.95.